The first kappa shape index (κ1) is 27.1. The van der Waals surface area contributed by atoms with E-state index in [2.05, 4.69) is 10.2 Å². The number of sulfonamides is 1. The predicted molar refractivity (Wildman–Crippen MR) is 144 cm³/mol. The SMILES string of the molecule is COc1ccccc1N1CCN(S(=O)(=O)c2ccc(NC(=O)c3cc(OC)c(OC)c(OC)c3)cc2)CC1. The maximum atomic E-state index is 13.3. The molecule has 1 aliphatic heterocycles. The lowest BCUT2D eigenvalue weighted by atomic mass is 10.1. The first-order valence-electron chi connectivity index (χ1n) is 11.9. The van der Waals surface area contributed by atoms with Crippen LogP contribution in [0.2, 0.25) is 0 Å². The fraction of sp³-hybridized carbons (Fsp3) is 0.296. The number of anilines is 2. The van der Waals surface area contributed by atoms with E-state index in [4.69, 9.17) is 18.9 Å². The normalized spacial score (nSPS) is 14.1. The lowest BCUT2D eigenvalue weighted by Crippen LogP contribution is -2.48. The van der Waals surface area contributed by atoms with E-state index in [0.29, 0.717) is 54.7 Å². The van der Waals surface area contributed by atoms with Crippen molar-refractivity contribution in [3.63, 3.8) is 0 Å². The van der Waals surface area contributed by atoms with Gasteiger partial charge in [-0.15, -0.1) is 0 Å². The fourth-order valence-electron chi connectivity index (χ4n) is 4.34. The highest BCUT2D eigenvalue weighted by Gasteiger charge is 2.29. The first-order valence-corrected chi connectivity index (χ1v) is 13.4. The Morgan fingerprint density at radius 1 is 0.763 bits per heavy atom. The Morgan fingerprint density at radius 2 is 1.34 bits per heavy atom. The summed E-state index contributed by atoms with van der Waals surface area (Å²) in [4.78, 5) is 15.1. The van der Waals surface area contributed by atoms with Gasteiger partial charge < -0.3 is 29.2 Å². The van der Waals surface area contributed by atoms with E-state index >= 15 is 0 Å². The van der Waals surface area contributed by atoms with E-state index in [9.17, 15) is 13.2 Å². The van der Waals surface area contributed by atoms with E-state index < -0.39 is 15.9 Å². The Balaban J connectivity index is 1.43. The first-order chi connectivity index (χ1) is 18.3. The zero-order valence-corrected chi connectivity index (χ0v) is 22.6. The summed E-state index contributed by atoms with van der Waals surface area (Å²) < 4.78 is 49.4. The number of para-hydroxylation sites is 2. The second kappa shape index (κ2) is 11.6. The molecular weight excluding hydrogens is 510 g/mol. The molecule has 0 radical (unpaired) electrons. The minimum Gasteiger partial charge on any atom is -0.495 e. The van der Waals surface area contributed by atoms with Gasteiger partial charge in [-0.2, -0.15) is 4.31 Å². The molecule has 1 saturated heterocycles. The number of methoxy groups -OCH3 is 4. The van der Waals surface area contributed by atoms with E-state index in [-0.39, 0.29) is 4.90 Å². The molecule has 1 N–H and O–H groups in total. The van der Waals surface area contributed by atoms with Gasteiger partial charge in [-0.3, -0.25) is 4.79 Å². The molecule has 0 bridgehead atoms. The molecule has 10 nitrogen and oxygen atoms in total. The van der Waals surface area contributed by atoms with E-state index in [1.165, 1.54) is 37.8 Å². The van der Waals surface area contributed by atoms with Crippen LogP contribution in [0.15, 0.2) is 65.6 Å². The molecular formula is C27H31N3O7S. The third kappa shape index (κ3) is 5.48. The van der Waals surface area contributed by atoms with Gasteiger partial charge in [-0.25, -0.2) is 8.42 Å². The van der Waals surface area contributed by atoms with Crippen LogP contribution in [0.5, 0.6) is 23.0 Å². The van der Waals surface area contributed by atoms with E-state index in [1.807, 2.05) is 24.3 Å². The van der Waals surface area contributed by atoms with Crippen molar-refractivity contribution in [3.05, 3.63) is 66.2 Å². The molecule has 0 aromatic heterocycles. The highest BCUT2D eigenvalue weighted by atomic mass is 32.2. The van der Waals surface area contributed by atoms with Gasteiger partial charge in [0.25, 0.3) is 5.91 Å². The summed E-state index contributed by atoms with van der Waals surface area (Å²) in [6.45, 7) is 1.78. The fourth-order valence-corrected chi connectivity index (χ4v) is 5.76. The zero-order chi connectivity index (χ0) is 27.3. The average Bonchev–Trinajstić information content (AvgIpc) is 2.96. The van der Waals surface area contributed by atoms with Crippen LogP contribution in [0.4, 0.5) is 11.4 Å². The Morgan fingerprint density at radius 3 is 1.89 bits per heavy atom. The van der Waals surface area contributed by atoms with Gasteiger partial charge in [0, 0.05) is 37.4 Å². The number of benzene rings is 3. The molecule has 0 spiro atoms. The summed E-state index contributed by atoms with van der Waals surface area (Å²) in [6.07, 6.45) is 0. The van der Waals surface area contributed by atoms with Gasteiger partial charge in [0.15, 0.2) is 11.5 Å². The van der Waals surface area contributed by atoms with Crippen molar-refractivity contribution in [2.75, 3.05) is 64.8 Å². The van der Waals surface area contributed by atoms with E-state index in [0.717, 1.165) is 11.4 Å². The van der Waals surface area contributed by atoms with E-state index in [1.54, 1.807) is 31.4 Å². The second-order valence-corrected chi connectivity index (χ2v) is 10.4. The molecule has 202 valence electrons. The molecule has 1 amide bonds. The maximum absolute atomic E-state index is 13.3. The van der Waals surface area contributed by atoms with Gasteiger partial charge in [-0.1, -0.05) is 12.1 Å². The topological polar surface area (TPSA) is 107 Å². The summed E-state index contributed by atoms with van der Waals surface area (Å²) in [6, 6.07) is 16.9. The van der Waals surface area contributed by atoms with Crippen LogP contribution in [0.1, 0.15) is 10.4 Å². The van der Waals surface area contributed by atoms with Gasteiger partial charge in [0.1, 0.15) is 5.75 Å². The van der Waals surface area contributed by atoms with Crippen LogP contribution >= 0.6 is 0 Å². The number of carbonyl (C=O) groups excluding carboxylic acids is 1. The molecule has 1 fully saturated rings. The van der Waals surface area contributed by atoms with Crippen molar-refractivity contribution in [3.8, 4) is 23.0 Å². The number of rotatable bonds is 9. The number of nitrogens with one attached hydrogen (secondary N) is 1. The smallest absolute Gasteiger partial charge is 0.255 e. The molecule has 0 unspecified atom stereocenters. The maximum Gasteiger partial charge on any atom is 0.255 e. The number of piperazine rings is 1. The summed E-state index contributed by atoms with van der Waals surface area (Å²) in [5.41, 5.74) is 1.69. The third-order valence-electron chi connectivity index (χ3n) is 6.34. The van der Waals surface area contributed by atoms with Crippen molar-refractivity contribution in [1.29, 1.82) is 0 Å². The summed E-state index contributed by atoms with van der Waals surface area (Å²) in [5.74, 6) is 1.43. The summed E-state index contributed by atoms with van der Waals surface area (Å²) in [7, 11) is 2.35. The largest absolute Gasteiger partial charge is 0.495 e. The number of hydrogen-bond acceptors (Lipinski definition) is 8. The Labute approximate surface area is 222 Å². The highest BCUT2D eigenvalue weighted by molar-refractivity contribution is 7.89. The number of nitrogens with zero attached hydrogens (tertiary/aromatic N) is 2. The lowest BCUT2D eigenvalue weighted by molar-refractivity contribution is 0.102. The number of ether oxygens (including phenoxy) is 4. The van der Waals surface area contributed by atoms with Crippen LogP contribution in [-0.2, 0) is 10.0 Å². The Bertz CT molecular complexity index is 1360. The number of hydrogen-bond donors (Lipinski definition) is 1. The molecule has 0 aliphatic carbocycles. The van der Waals surface area contributed by atoms with Crippen molar-refractivity contribution >= 4 is 27.3 Å². The van der Waals surface area contributed by atoms with Gasteiger partial charge in [-0.05, 0) is 48.5 Å². The molecule has 1 heterocycles. The summed E-state index contributed by atoms with van der Waals surface area (Å²) in [5, 5.41) is 2.77. The second-order valence-electron chi connectivity index (χ2n) is 8.46. The summed E-state index contributed by atoms with van der Waals surface area (Å²) >= 11 is 0. The van der Waals surface area contributed by atoms with Crippen molar-refractivity contribution < 1.29 is 32.2 Å². The monoisotopic (exact) mass is 541 g/mol. The lowest BCUT2D eigenvalue weighted by Gasteiger charge is -2.35. The number of carbonyl (C=O) groups is 1. The average molecular weight is 542 g/mol. The van der Waals surface area contributed by atoms with Gasteiger partial charge >= 0.3 is 0 Å². The molecule has 1 aliphatic rings. The molecule has 0 saturated carbocycles. The van der Waals surface area contributed by atoms with Crippen molar-refractivity contribution in [2.24, 2.45) is 0 Å². The van der Waals surface area contributed by atoms with Crippen molar-refractivity contribution in [1.82, 2.24) is 4.31 Å². The van der Waals surface area contributed by atoms with Crippen LogP contribution in [0.3, 0.4) is 0 Å². The third-order valence-corrected chi connectivity index (χ3v) is 8.25. The molecule has 11 heteroatoms. The highest BCUT2D eigenvalue weighted by Crippen LogP contribution is 2.38. The molecule has 4 rings (SSSR count). The Kier molecular flexibility index (Phi) is 8.28. The van der Waals surface area contributed by atoms with Crippen LogP contribution in [0, 0.1) is 0 Å². The van der Waals surface area contributed by atoms with Gasteiger partial charge in [0.2, 0.25) is 15.8 Å². The molecule has 3 aromatic carbocycles. The Hall–Kier alpha value is -3.96. The molecule has 0 atom stereocenters. The quantitative estimate of drug-likeness (QED) is 0.439. The predicted octanol–water partition coefficient (Wildman–Crippen LogP) is 3.48. The van der Waals surface area contributed by atoms with Crippen LogP contribution in [-0.4, -0.2) is 73.2 Å². The molecule has 3 aromatic rings. The molecule has 38 heavy (non-hydrogen) atoms. The van der Waals surface area contributed by atoms with Crippen LogP contribution in [0.25, 0.3) is 0 Å². The zero-order valence-electron chi connectivity index (χ0n) is 21.8. The standard InChI is InChI=1S/C27H31N3O7S/c1-34-23-8-6-5-7-22(23)29-13-15-30(16-14-29)38(32,33)21-11-9-20(10-12-21)28-27(31)19-17-24(35-2)26(37-4)25(18-19)36-3/h5-12,17-18H,13-16H2,1-4H3,(H,28,31). The van der Waals surface area contributed by atoms with Gasteiger partial charge in [0.05, 0.1) is 39.0 Å². The van der Waals surface area contributed by atoms with Crippen molar-refractivity contribution in [2.45, 2.75) is 4.90 Å². The minimum atomic E-state index is -3.69. The minimum absolute atomic E-state index is 0.161. The number of amides is 1. The van der Waals surface area contributed by atoms with Crippen LogP contribution < -0.4 is 29.2 Å².